The van der Waals surface area contributed by atoms with Crippen LogP contribution in [0.5, 0.6) is 0 Å². The van der Waals surface area contributed by atoms with Crippen LogP contribution in [0, 0.1) is 0 Å². The Kier molecular flexibility index (Phi) is 5.33. The molecular formula is C24H24BrNO. The molecule has 0 aliphatic rings. The van der Waals surface area contributed by atoms with Gasteiger partial charge in [0.25, 0.3) is 0 Å². The van der Waals surface area contributed by atoms with E-state index in [0.29, 0.717) is 0 Å². The Labute approximate surface area is 168 Å². The van der Waals surface area contributed by atoms with Crippen molar-refractivity contribution in [1.29, 1.82) is 0 Å². The number of benzene rings is 3. The summed E-state index contributed by atoms with van der Waals surface area (Å²) in [6, 6.07) is 21.6. The lowest BCUT2D eigenvalue weighted by molar-refractivity contribution is 0.280. The molecule has 138 valence electrons. The molecule has 0 saturated carbocycles. The molecule has 1 N–H and O–H groups in total. The maximum atomic E-state index is 9.50. The summed E-state index contributed by atoms with van der Waals surface area (Å²) >= 11 is 3.62. The number of fused-ring (bicyclic) bond motifs is 3. The minimum atomic E-state index is 0.119. The van der Waals surface area contributed by atoms with Crippen molar-refractivity contribution in [3.05, 3.63) is 81.8 Å². The van der Waals surface area contributed by atoms with Crippen LogP contribution in [0.4, 0.5) is 0 Å². The second kappa shape index (κ2) is 7.87. The molecule has 1 aromatic heterocycles. The highest BCUT2D eigenvalue weighted by atomic mass is 79.9. The van der Waals surface area contributed by atoms with Crippen molar-refractivity contribution in [2.75, 3.05) is 0 Å². The first-order valence-corrected chi connectivity index (χ1v) is 10.4. The maximum Gasteiger partial charge on any atom is 0.0684 e. The Bertz CT molecular complexity index is 1100. The molecule has 27 heavy (non-hydrogen) atoms. The summed E-state index contributed by atoms with van der Waals surface area (Å²) in [4.78, 5) is 0. The lowest BCUT2D eigenvalue weighted by Crippen LogP contribution is -1.96. The standard InChI is InChI=1S/C24H24BrNO/c1-2-26-23-12-10-17(6-5-9-18-7-3-4-8-19(18)16-27)14-21(23)22-15-20(25)11-13-24(22)26/h3-4,7-8,10-15,27H,2,5-6,9,16H2,1H3. The van der Waals surface area contributed by atoms with Crippen molar-refractivity contribution in [3.8, 4) is 0 Å². The van der Waals surface area contributed by atoms with Crippen LogP contribution in [0.1, 0.15) is 30.0 Å². The van der Waals surface area contributed by atoms with Gasteiger partial charge in [-0.2, -0.15) is 0 Å². The Morgan fingerprint density at radius 2 is 1.56 bits per heavy atom. The number of halogens is 1. The molecule has 0 saturated heterocycles. The largest absolute Gasteiger partial charge is 0.392 e. The molecule has 0 radical (unpaired) electrons. The minimum Gasteiger partial charge on any atom is -0.392 e. The van der Waals surface area contributed by atoms with Gasteiger partial charge in [0, 0.05) is 32.8 Å². The van der Waals surface area contributed by atoms with Gasteiger partial charge in [-0.15, -0.1) is 0 Å². The van der Waals surface area contributed by atoms with Crippen molar-refractivity contribution in [2.45, 2.75) is 39.3 Å². The van der Waals surface area contributed by atoms with E-state index in [1.54, 1.807) is 0 Å². The molecular weight excluding hydrogens is 398 g/mol. The first-order chi connectivity index (χ1) is 13.2. The molecule has 4 rings (SSSR count). The number of hydrogen-bond acceptors (Lipinski definition) is 1. The molecule has 0 aliphatic carbocycles. The van der Waals surface area contributed by atoms with Crippen LogP contribution in [0.3, 0.4) is 0 Å². The fourth-order valence-electron chi connectivity index (χ4n) is 4.06. The molecule has 0 fully saturated rings. The van der Waals surface area contributed by atoms with Gasteiger partial charge in [-0.3, -0.25) is 0 Å². The van der Waals surface area contributed by atoms with Gasteiger partial charge in [-0.1, -0.05) is 46.3 Å². The van der Waals surface area contributed by atoms with Crippen LogP contribution >= 0.6 is 15.9 Å². The third-order valence-corrected chi connectivity index (χ3v) is 5.90. The maximum absolute atomic E-state index is 9.50. The quantitative estimate of drug-likeness (QED) is 0.391. The van der Waals surface area contributed by atoms with Gasteiger partial charge in [0.15, 0.2) is 0 Å². The molecule has 3 aromatic carbocycles. The van der Waals surface area contributed by atoms with E-state index in [4.69, 9.17) is 0 Å². The number of aliphatic hydroxyl groups excluding tert-OH is 1. The van der Waals surface area contributed by atoms with Crippen LogP contribution in [-0.4, -0.2) is 9.67 Å². The fraction of sp³-hybridized carbons (Fsp3) is 0.250. The molecule has 4 aromatic rings. The molecule has 0 aliphatic heterocycles. The number of rotatable bonds is 6. The van der Waals surface area contributed by atoms with Crippen LogP contribution in [0.25, 0.3) is 21.8 Å². The first kappa shape index (κ1) is 18.3. The number of aromatic nitrogens is 1. The number of aryl methyl sites for hydroxylation is 3. The Balaban J connectivity index is 1.61. The lowest BCUT2D eigenvalue weighted by Gasteiger charge is -2.08. The van der Waals surface area contributed by atoms with Crippen LogP contribution in [0.15, 0.2) is 65.1 Å². The van der Waals surface area contributed by atoms with E-state index in [2.05, 4.69) is 76.0 Å². The summed E-state index contributed by atoms with van der Waals surface area (Å²) in [7, 11) is 0. The van der Waals surface area contributed by atoms with E-state index >= 15 is 0 Å². The molecule has 0 amide bonds. The smallest absolute Gasteiger partial charge is 0.0684 e. The van der Waals surface area contributed by atoms with Gasteiger partial charge < -0.3 is 9.67 Å². The summed E-state index contributed by atoms with van der Waals surface area (Å²) in [6.45, 7) is 3.29. The predicted octanol–water partition coefficient (Wildman–Crippen LogP) is 6.24. The summed E-state index contributed by atoms with van der Waals surface area (Å²) in [5.74, 6) is 0. The summed E-state index contributed by atoms with van der Waals surface area (Å²) < 4.78 is 3.51. The van der Waals surface area contributed by atoms with E-state index in [0.717, 1.165) is 35.8 Å². The third-order valence-electron chi connectivity index (χ3n) is 5.41. The zero-order chi connectivity index (χ0) is 18.8. The van der Waals surface area contributed by atoms with E-state index < -0.39 is 0 Å². The summed E-state index contributed by atoms with van der Waals surface area (Å²) in [6.07, 6.45) is 3.12. The Morgan fingerprint density at radius 3 is 2.30 bits per heavy atom. The second-order valence-electron chi connectivity index (χ2n) is 7.04. The fourth-order valence-corrected chi connectivity index (χ4v) is 4.42. The van der Waals surface area contributed by atoms with Crippen LogP contribution < -0.4 is 0 Å². The van der Waals surface area contributed by atoms with Crippen molar-refractivity contribution >= 4 is 37.7 Å². The molecule has 0 bridgehead atoms. The zero-order valence-corrected chi connectivity index (χ0v) is 17.2. The first-order valence-electron chi connectivity index (χ1n) is 9.59. The number of aliphatic hydroxyl groups is 1. The third kappa shape index (κ3) is 3.54. The van der Waals surface area contributed by atoms with Gasteiger partial charge in [-0.05, 0) is 73.2 Å². The molecule has 2 nitrogen and oxygen atoms in total. The second-order valence-corrected chi connectivity index (χ2v) is 7.95. The lowest BCUT2D eigenvalue weighted by atomic mass is 9.99. The topological polar surface area (TPSA) is 25.2 Å². The monoisotopic (exact) mass is 421 g/mol. The van der Waals surface area contributed by atoms with Crippen molar-refractivity contribution in [2.24, 2.45) is 0 Å². The predicted molar refractivity (Wildman–Crippen MR) is 117 cm³/mol. The highest BCUT2D eigenvalue weighted by molar-refractivity contribution is 9.10. The number of nitrogens with zero attached hydrogens (tertiary/aromatic N) is 1. The van der Waals surface area contributed by atoms with Crippen LogP contribution in [0.2, 0.25) is 0 Å². The molecule has 1 heterocycles. The van der Waals surface area contributed by atoms with Crippen LogP contribution in [-0.2, 0) is 26.0 Å². The average molecular weight is 422 g/mol. The van der Waals surface area contributed by atoms with Crippen molar-refractivity contribution < 1.29 is 5.11 Å². The highest BCUT2D eigenvalue weighted by Crippen LogP contribution is 2.32. The molecule has 3 heteroatoms. The minimum absolute atomic E-state index is 0.119. The van der Waals surface area contributed by atoms with E-state index in [9.17, 15) is 5.11 Å². The normalized spacial score (nSPS) is 11.5. The van der Waals surface area contributed by atoms with E-state index in [1.165, 1.54) is 32.9 Å². The summed E-state index contributed by atoms with van der Waals surface area (Å²) in [5, 5.41) is 12.1. The summed E-state index contributed by atoms with van der Waals surface area (Å²) in [5.41, 5.74) is 6.28. The number of hydrogen-bond donors (Lipinski definition) is 1. The van der Waals surface area contributed by atoms with E-state index in [1.807, 2.05) is 12.1 Å². The average Bonchev–Trinajstić information content (AvgIpc) is 3.00. The van der Waals surface area contributed by atoms with Crippen molar-refractivity contribution in [3.63, 3.8) is 0 Å². The van der Waals surface area contributed by atoms with Crippen molar-refractivity contribution in [1.82, 2.24) is 4.57 Å². The SMILES string of the molecule is CCn1c2ccc(Br)cc2c2cc(CCCc3ccccc3CO)ccc21. The van der Waals surface area contributed by atoms with Gasteiger partial charge >= 0.3 is 0 Å². The molecule has 0 atom stereocenters. The molecule has 0 unspecified atom stereocenters. The Hall–Kier alpha value is -2.10. The highest BCUT2D eigenvalue weighted by Gasteiger charge is 2.11. The molecule has 0 spiro atoms. The van der Waals surface area contributed by atoms with Gasteiger partial charge in [-0.25, -0.2) is 0 Å². The Morgan fingerprint density at radius 1 is 0.852 bits per heavy atom. The zero-order valence-electron chi connectivity index (χ0n) is 15.6. The van der Waals surface area contributed by atoms with E-state index in [-0.39, 0.29) is 6.61 Å². The van der Waals surface area contributed by atoms with Gasteiger partial charge in [0.05, 0.1) is 6.61 Å². The van der Waals surface area contributed by atoms with Gasteiger partial charge in [0.1, 0.15) is 0 Å². The van der Waals surface area contributed by atoms with Gasteiger partial charge in [0.2, 0.25) is 0 Å².